The van der Waals surface area contributed by atoms with E-state index in [1.54, 1.807) is 12.1 Å². The lowest BCUT2D eigenvalue weighted by Gasteiger charge is -2.30. The van der Waals surface area contributed by atoms with Crippen LogP contribution in [-0.4, -0.2) is 23.0 Å². The molecule has 2 aliphatic rings. The number of hydrogen-bond donors (Lipinski definition) is 2. The van der Waals surface area contributed by atoms with Crippen LogP contribution in [0.1, 0.15) is 25.7 Å². The molecule has 0 aliphatic carbocycles. The van der Waals surface area contributed by atoms with E-state index in [9.17, 15) is 10.1 Å². The largest absolute Gasteiger partial charge is 0.377 e. The first-order valence-electron chi connectivity index (χ1n) is 6.58. The van der Waals surface area contributed by atoms with Gasteiger partial charge in [-0.1, -0.05) is 11.6 Å². The molecule has 2 fully saturated rings. The molecule has 0 amide bonds. The summed E-state index contributed by atoms with van der Waals surface area (Å²) in [7, 11) is 0. The number of fused-ring (bicyclic) bond motifs is 2. The lowest BCUT2D eigenvalue weighted by molar-refractivity contribution is -0.384. The van der Waals surface area contributed by atoms with Crippen molar-refractivity contribution in [3.05, 3.63) is 33.3 Å². The number of rotatable bonds is 3. The Bertz CT molecular complexity index is 497. The van der Waals surface area contributed by atoms with Crippen molar-refractivity contribution in [2.75, 3.05) is 5.32 Å². The van der Waals surface area contributed by atoms with E-state index in [0.29, 0.717) is 22.8 Å². The van der Waals surface area contributed by atoms with Gasteiger partial charge in [-0.25, -0.2) is 0 Å². The maximum atomic E-state index is 11.0. The minimum absolute atomic E-state index is 0.0929. The lowest BCUT2D eigenvalue weighted by atomic mass is 9.99. The second-order valence-corrected chi connectivity index (χ2v) is 5.81. The Labute approximate surface area is 116 Å². The molecule has 2 N–H and O–H groups in total. The Morgan fingerprint density at radius 1 is 1.32 bits per heavy atom. The highest BCUT2D eigenvalue weighted by Gasteiger charge is 2.34. The van der Waals surface area contributed by atoms with Gasteiger partial charge in [-0.15, -0.1) is 0 Å². The first-order chi connectivity index (χ1) is 9.11. The van der Waals surface area contributed by atoms with Crippen molar-refractivity contribution in [3.8, 4) is 0 Å². The molecule has 0 spiro atoms. The van der Waals surface area contributed by atoms with Crippen molar-refractivity contribution < 1.29 is 4.92 Å². The average molecular weight is 282 g/mol. The van der Waals surface area contributed by atoms with Gasteiger partial charge in [0.1, 0.15) is 5.69 Å². The Balaban J connectivity index is 1.79. The summed E-state index contributed by atoms with van der Waals surface area (Å²) in [5.41, 5.74) is 0.624. The standard InChI is InChI=1S/C13H16ClN3O2/c14-8-1-4-13(17(18)19)12(5-8)16-11-6-9-2-3-10(7-11)15-9/h1,4-5,9-11,15-16H,2-3,6-7H2. The fraction of sp³-hybridized carbons (Fsp3) is 0.538. The second kappa shape index (κ2) is 4.98. The van der Waals surface area contributed by atoms with Gasteiger partial charge in [-0.2, -0.15) is 0 Å². The zero-order chi connectivity index (χ0) is 13.4. The number of hydrogen-bond acceptors (Lipinski definition) is 4. The van der Waals surface area contributed by atoms with Gasteiger partial charge in [0.15, 0.2) is 0 Å². The summed E-state index contributed by atoms with van der Waals surface area (Å²) in [4.78, 5) is 10.7. The molecule has 2 unspecified atom stereocenters. The van der Waals surface area contributed by atoms with Crippen molar-refractivity contribution in [3.63, 3.8) is 0 Å². The van der Waals surface area contributed by atoms with Gasteiger partial charge >= 0.3 is 0 Å². The molecular formula is C13H16ClN3O2. The fourth-order valence-electron chi connectivity index (χ4n) is 3.18. The molecule has 19 heavy (non-hydrogen) atoms. The SMILES string of the molecule is O=[N+]([O-])c1ccc(Cl)cc1NC1CC2CCC(C1)N2. The summed E-state index contributed by atoms with van der Waals surface area (Å²) in [6.07, 6.45) is 4.45. The van der Waals surface area contributed by atoms with Gasteiger partial charge in [-0.3, -0.25) is 10.1 Å². The number of nitrogens with one attached hydrogen (secondary N) is 2. The smallest absolute Gasteiger partial charge is 0.292 e. The predicted octanol–water partition coefficient (Wildman–Crippen LogP) is 2.94. The summed E-state index contributed by atoms with van der Waals surface area (Å²) in [6.45, 7) is 0. The molecule has 0 aromatic heterocycles. The third-order valence-electron chi connectivity index (χ3n) is 3.99. The molecule has 1 aromatic carbocycles. The molecule has 2 saturated heterocycles. The van der Waals surface area contributed by atoms with Crippen LogP contribution in [0.15, 0.2) is 18.2 Å². The summed E-state index contributed by atoms with van der Waals surface area (Å²) in [5.74, 6) is 0. The van der Waals surface area contributed by atoms with Crippen LogP contribution in [-0.2, 0) is 0 Å². The maximum Gasteiger partial charge on any atom is 0.292 e. The van der Waals surface area contributed by atoms with Crippen LogP contribution in [0.25, 0.3) is 0 Å². The van der Waals surface area contributed by atoms with Crippen LogP contribution in [0.3, 0.4) is 0 Å². The Morgan fingerprint density at radius 3 is 2.63 bits per heavy atom. The molecule has 102 valence electrons. The van der Waals surface area contributed by atoms with Crippen LogP contribution in [0.4, 0.5) is 11.4 Å². The van der Waals surface area contributed by atoms with Crippen LogP contribution in [0.2, 0.25) is 5.02 Å². The monoisotopic (exact) mass is 281 g/mol. The van der Waals surface area contributed by atoms with E-state index < -0.39 is 0 Å². The van der Waals surface area contributed by atoms with Gasteiger partial charge in [0, 0.05) is 29.2 Å². The number of piperidine rings is 1. The zero-order valence-electron chi connectivity index (χ0n) is 10.4. The minimum atomic E-state index is -0.367. The molecule has 0 radical (unpaired) electrons. The molecule has 0 saturated carbocycles. The Morgan fingerprint density at radius 2 is 2.00 bits per heavy atom. The van der Waals surface area contributed by atoms with Crippen LogP contribution in [0.5, 0.6) is 0 Å². The van der Waals surface area contributed by atoms with E-state index in [2.05, 4.69) is 10.6 Å². The number of anilines is 1. The van der Waals surface area contributed by atoms with Gasteiger partial charge in [0.05, 0.1) is 4.92 Å². The Hall–Kier alpha value is -1.33. The predicted molar refractivity (Wildman–Crippen MR) is 74.7 cm³/mol. The molecule has 1 aromatic rings. The normalized spacial score (nSPS) is 29.2. The summed E-state index contributed by atoms with van der Waals surface area (Å²) in [5, 5.41) is 18.4. The fourth-order valence-corrected chi connectivity index (χ4v) is 3.35. The summed E-state index contributed by atoms with van der Waals surface area (Å²) >= 11 is 5.93. The number of nitro groups is 1. The summed E-state index contributed by atoms with van der Waals surface area (Å²) in [6, 6.07) is 6.04. The molecule has 2 atom stereocenters. The first kappa shape index (κ1) is 12.7. The molecule has 2 heterocycles. The van der Waals surface area contributed by atoms with Gasteiger partial charge in [0.2, 0.25) is 0 Å². The van der Waals surface area contributed by atoms with Crippen molar-refractivity contribution in [1.82, 2.24) is 5.32 Å². The molecular weight excluding hydrogens is 266 g/mol. The summed E-state index contributed by atoms with van der Waals surface area (Å²) < 4.78 is 0. The van der Waals surface area contributed by atoms with Gasteiger partial charge in [0.25, 0.3) is 5.69 Å². The van der Waals surface area contributed by atoms with Gasteiger partial charge in [-0.05, 0) is 37.8 Å². The molecule has 5 nitrogen and oxygen atoms in total. The third-order valence-corrected chi connectivity index (χ3v) is 4.22. The quantitative estimate of drug-likeness (QED) is 0.660. The van der Waals surface area contributed by atoms with Gasteiger partial charge < -0.3 is 10.6 Å². The van der Waals surface area contributed by atoms with Crippen molar-refractivity contribution >= 4 is 23.0 Å². The molecule has 2 bridgehead atoms. The molecule has 3 rings (SSSR count). The second-order valence-electron chi connectivity index (χ2n) is 5.37. The van der Waals surface area contributed by atoms with Crippen LogP contribution in [0, 0.1) is 10.1 Å². The van der Waals surface area contributed by atoms with E-state index in [1.807, 2.05) is 0 Å². The van der Waals surface area contributed by atoms with Crippen molar-refractivity contribution in [2.24, 2.45) is 0 Å². The molecule has 2 aliphatic heterocycles. The highest BCUT2D eigenvalue weighted by molar-refractivity contribution is 6.31. The first-order valence-corrected chi connectivity index (χ1v) is 6.96. The average Bonchev–Trinajstić information content (AvgIpc) is 2.68. The molecule has 6 heteroatoms. The number of nitrogens with zero attached hydrogens (tertiary/aromatic N) is 1. The maximum absolute atomic E-state index is 11.0. The number of benzene rings is 1. The lowest BCUT2D eigenvalue weighted by Crippen LogP contribution is -2.43. The van der Waals surface area contributed by atoms with E-state index in [4.69, 9.17) is 11.6 Å². The van der Waals surface area contributed by atoms with E-state index >= 15 is 0 Å². The van der Waals surface area contributed by atoms with E-state index in [-0.39, 0.29) is 16.7 Å². The van der Waals surface area contributed by atoms with Crippen molar-refractivity contribution in [1.29, 1.82) is 0 Å². The number of nitro benzene ring substituents is 1. The van der Waals surface area contributed by atoms with Crippen LogP contribution < -0.4 is 10.6 Å². The van der Waals surface area contributed by atoms with E-state index in [1.165, 1.54) is 18.9 Å². The van der Waals surface area contributed by atoms with Crippen molar-refractivity contribution in [2.45, 2.75) is 43.8 Å². The minimum Gasteiger partial charge on any atom is -0.377 e. The number of halogens is 1. The van der Waals surface area contributed by atoms with E-state index in [0.717, 1.165) is 12.8 Å². The third kappa shape index (κ3) is 2.67. The topological polar surface area (TPSA) is 67.2 Å². The highest BCUT2D eigenvalue weighted by atomic mass is 35.5. The highest BCUT2D eigenvalue weighted by Crippen LogP contribution is 2.33. The zero-order valence-corrected chi connectivity index (χ0v) is 11.2. The Kier molecular flexibility index (Phi) is 3.33. The van der Waals surface area contributed by atoms with Crippen LogP contribution >= 0.6 is 11.6 Å².